The molecule has 2 rings (SSSR count). The summed E-state index contributed by atoms with van der Waals surface area (Å²) in [6, 6.07) is 10.1. The van der Waals surface area contributed by atoms with Gasteiger partial charge in [0.1, 0.15) is 6.10 Å². The van der Waals surface area contributed by atoms with E-state index in [2.05, 4.69) is 0 Å². The van der Waals surface area contributed by atoms with Crippen LogP contribution in [-0.4, -0.2) is 29.5 Å². The molecule has 0 spiro atoms. The fourth-order valence-corrected chi connectivity index (χ4v) is 2.27. The predicted molar refractivity (Wildman–Crippen MR) is 66.6 cm³/mol. The summed E-state index contributed by atoms with van der Waals surface area (Å²) >= 11 is 0. The van der Waals surface area contributed by atoms with Gasteiger partial charge in [0, 0.05) is 6.92 Å². The summed E-state index contributed by atoms with van der Waals surface area (Å²) in [4.78, 5) is 13.6. The maximum atomic E-state index is 11.7. The molecule has 92 valence electrons. The average Bonchev–Trinajstić information content (AvgIpc) is 2.29. The number of hydrogen-bond donors (Lipinski definition) is 0. The van der Waals surface area contributed by atoms with E-state index in [1.54, 1.807) is 6.92 Å². The molecule has 0 saturated carbocycles. The minimum Gasteiger partial charge on any atom is -0.369 e. The summed E-state index contributed by atoms with van der Waals surface area (Å²) < 4.78 is 5.87. The van der Waals surface area contributed by atoms with Crippen molar-refractivity contribution in [1.82, 2.24) is 4.90 Å². The van der Waals surface area contributed by atoms with Crippen LogP contribution in [0.4, 0.5) is 0 Å². The molecular weight excluding hydrogens is 214 g/mol. The molecule has 3 heteroatoms. The molecule has 1 atom stereocenters. The number of carbonyl (C=O) groups is 1. The lowest BCUT2D eigenvalue weighted by Crippen LogP contribution is -2.55. The molecular formula is C14H19NO2. The standard InChI is InChI=1S/C14H19NO2/c1-11(16)15-9-13(17-10-14(15,2)3)12-7-5-4-6-8-12/h4-8,13H,9-10H2,1-3H3. The fraction of sp³-hybridized carbons (Fsp3) is 0.500. The van der Waals surface area contributed by atoms with Crippen molar-refractivity contribution in [2.75, 3.05) is 13.2 Å². The van der Waals surface area contributed by atoms with Gasteiger partial charge in [-0.05, 0) is 19.4 Å². The van der Waals surface area contributed by atoms with Crippen molar-refractivity contribution in [3.8, 4) is 0 Å². The zero-order valence-corrected chi connectivity index (χ0v) is 10.6. The van der Waals surface area contributed by atoms with Crippen LogP contribution in [0.25, 0.3) is 0 Å². The molecule has 3 nitrogen and oxygen atoms in total. The second kappa shape index (κ2) is 4.49. The van der Waals surface area contributed by atoms with Crippen molar-refractivity contribution >= 4 is 5.91 Å². The maximum Gasteiger partial charge on any atom is 0.220 e. The van der Waals surface area contributed by atoms with E-state index >= 15 is 0 Å². The number of ether oxygens (including phenoxy) is 1. The highest BCUT2D eigenvalue weighted by molar-refractivity contribution is 5.74. The zero-order valence-electron chi connectivity index (χ0n) is 10.6. The molecule has 1 aromatic rings. The Balaban J connectivity index is 2.18. The van der Waals surface area contributed by atoms with Crippen molar-refractivity contribution in [3.05, 3.63) is 35.9 Å². The molecule has 1 heterocycles. The van der Waals surface area contributed by atoms with E-state index in [-0.39, 0.29) is 17.6 Å². The second-order valence-corrected chi connectivity index (χ2v) is 5.15. The number of benzene rings is 1. The van der Waals surface area contributed by atoms with Crippen LogP contribution in [-0.2, 0) is 9.53 Å². The molecule has 1 amide bonds. The van der Waals surface area contributed by atoms with Crippen LogP contribution >= 0.6 is 0 Å². The zero-order chi connectivity index (χ0) is 12.5. The van der Waals surface area contributed by atoms with E-state index in [9.17, 15) is 4.79 Å². The highest BCUT2D eigenvalue weighted by atomic mass is 16.5. The molecule has 0 radical (unpaired) electrons. The van der Waals surface area contributed by atoms with Gasteiger partial charge in [0.25, 0.3) is 0 Å². The van der Waals surface area contributed by atoms with Gasteiger partial charge in [0.15, 0.2) is 0 Å². The summed E-state index contributed by atoms with van der Waals surface area (Å²) in [6.07, 6.45) is -0.00637. The van der Waals surface area contributed by atoms with Gasteiger partial charge in [-0.1, -0.05) is 30.3 Å². The van der Waals surface area contributed by atoms with Gasteiger partial charge in [-0.3, -0.25) is 4.79 Å². The highest BCUT2D eigenvalue weighted by Gasteiger charge is 2.36. The highest BCUT2D eigenvalue weighted by Crippen LogP contribution is 2.30. The minimum absolute atomic E-state index is 0.00637. The Bertz CT molecular complexity index is 400. The summed E-state index contributed by atoms with van der Waals surface area (Å²) in [5.41, 5.74) is 0.922. The van der Waals surface area contributed by atoms with Crippen LogP contribution in [0.2, 0.25) is 0 Å². The van der Waals surface area contributed by atoms with Gasteiger partial charge >= 0.3 is 0 Å². The van der Waals surface area contributed by atoms with E-state index in [0.717, 1.165) is 5.56 Å². The maximum absolute atomic E-state index is 11.7. The van der Waals surface area contributed by atoms with Crippen molar-refractivity contribution in [2.24, 2.45) is 0 Å². The molecule has 1 aliphatic rings. The third-order valence-corrected chi connectivity index (χ3v) is 3.27. The number of rotatable bonds is 1. The number of carbonyl (C=O) groups excluding carboxylic acids is 1. The van der Waals surface area contributed by atoms with Crippen molar-refractivity contribution in [3.63, 3.8) is 0 Å². The molecule has 0 bridgehead atoms. The Morgan fingerprint density at radius 1 is 1.35 bits per heavy atom. The first-order valence-electron chi connectivity index (χ1n) is 5.95. The summed E-state index contributed by atoms with van der Waals surface area (Å²) in [5.74, 6) is 0.110. The van der Waals surface area contributed by atoms with Crippen molar-refractivity contribution in [2.45, 2.75) is 32.4 Å². The van der Waals surface area contributed by atoms with Crippen LogP contribution in [0.1, 0.15) is 32.4 Å². The smallest absolute Gasteiger partial charge is 0.220 e. The van der Waals surface area contributed by atoms with Gasteiger partial charge < -0.3 is 9.64 Å². The van der Waals surface area contributed by atoms with Crippen LogP contribution in [0.5, 0.6) is 0 Å². The van der Waals surface area contributed by atoms with Crippen LogP contribution in [0.15, 0.2) is 30.3 Å². The van der Waals surface area contributed by atoms with Crippen LogP contribution in [0.3, 0.4) is 0 Å². The van der Waals surface area contributed by atoms with Gasteiger partial charge in [-0.2, -0.15) is 0 Å². The van der Waals surface area contributed by atoms with E-state index in [4.69, 9.17) is 4.74 Å². The first-order chi connectivity index (χ1) is 8.00. The number of nitrogens with zero attached hydrogens (tertiary/aromatic N) is 1. The Kier molecular flexibility index (Phi) is 3.20. The normalized spacial score (nSPS) is 23.5. The molecule has 1 saturated heterocycles. The van der Waals surface area contributed by atoms with E-state index < -0.39 is 0 Å². The largest absolute Gasteiger partial charge is 0.369 e. The Morgan fingerprint density at radius 2 is 2.00 bits per heavy atom. The van der Waals surface area contributed by atoms with Crippen LogP contribution < -0.4 is 0 Å². The lowest BCUT2D eigenvalue weighted by Gasteiger charge is -2.45. The van der Waals surface area contributed by atoms with E-state index in [1.807, 2.05) is 49.1 Å². The third kappa shape index (κ3) is 2.50. The third-order valence-electron chi connectivity index (χ3n) is 3.27. The first kappa shape index (κ1) is 12.1. The number of hydrogen-bond acceptors (Lipinski definition) is 2. The Hall–Kier alpha value is -1.35. The van der Waals surface area contributed by atoms with E-state index in [0.29, 0.717) is 13.2 Å². The topological polar surface area (TPSA) is 29.5 Å². The molecule has 1 fully saturated rings. The van der Waals surface area contributed by atoms with Gasteiger partial charge in [-0.15, -0.1) is 0 Å². The first-order valence-corrected chi connectivity index (χ1v) is 5.95. The van der Waals surface area contributed by atoms with Crippen LogP contribution in [0, 0.1) is 0 Å². The molecule has 1 unspecified atom stereocenters. The molecule has 0 aliphatic carbocycles. The molecule has 17 heavy (non-hydrogen) atoms. The lowest BCUT2D eigenvalue weighted by molar-refractivity contribution is -0.152. The predicted octanol–water partition coefficient (Wildman–Crippen LogP) is 2.39. The van der Waals surface area contributed by atoms with Crippen molar-refractivity contribution in [1.29, 1.82) is 0 Å². The molecule has 1 aromatic carbocycles. The Morgan fingerprint density at radius 3 is 2.59 bits per heavy atom. The second-order valence-electron chi connectivity index (χ2n) is 5.15. The molecule has 1 aliphatic heterocycles. The van der Waals surface area contributed by atoms with E-state index in [1.165, 1.54) is 0 Å². The number of morpholine rings is 1. The molecule has 0 aromatic heterocycles. The fourth-order valence-electron chi connectivity index (χ4n) is 2.27. The summed E-state index contributed by atoms with van der Waals surface area (Å²) in [6.45, 7) is 6.90. The van der Waals surface area contributed by atoms with Gasteiger partial charge in [0.05, 0.1) is 18.7 Å². The molecule has 0 N–H and O–H groups in total. The lowest BCUT2D eigenvalue weighted by atomic mass is 9.98. The number of amides is 1. The van der Waals surface area contributed by atoms with Gasteiger partial charge in [0.2, 0.25) is 5.91 Å². The van der Waals surface area contributed by atoms with Gasteiger partial charge in [-0.25, -0.2) is 0 Å². The summed E-state index contributed by atoms with van der Waals surface area (Å²) in [7, 11) is 0. The monoisotopic (exact) mass is 233 g/mol. The SMILES string of the molecule is CC(=O)N1CC(c2ccccc2)OCC1(C)C. The average molecular weight is 233 g/mol. The minimum atomic E-state index is -0.211. The van der Waals surface area contributed by atoms with Crippen molar-refractivity contribution < 1.29 is 9.53 Å². The quantitative estimate of drug-likeness (QED) is 0.745. The Labute approximate surface area is 102 Å². The summed E-state index contributed by atoms with van der Waals surface area (Å²) in [5, 5.41) is 0.